The van der Waals surface area contributed by atoms with E-state index < -0.39 is 0 Å². The highest BCUT2D eigenvalue weighted by Crippen LogP contribution is 2.52. The first kappa shape index (κ1) is 15.4. The third kappa shape index (κ3) is 3.03. The Labute approximate surface area is 134 Å². The fourth-order valence-electron chi connectivity index (χ4n) is 3.35. The lowest BCUT2D eigenvalue weighted by Gasteiger charge is -2.33. The second-order valence-corrected chi connectivity index (χ2v) is 7.19. The lowest BCUT2D eigenvalue weighted by atomic mass is 9.76. The van der Waals surface area contributed by atoms with Gasteiger partial charge in [0.1, 0.15) is 11.4 Å². The molecule has 2 aliphatic rings. The summed E-state index contributed by atoms with van der Waals surface area (Å²) in [6, 6.07) is 6.81. The van der Waals surface area contributed by atoms with Gasteiger partial charge in [-0.05, 0) is 37.7 Å². The van der Waals surface area contributed by atoms with E-state index in [9.17, 15) is 4.39 Å². The molecule has 3 rings (SSSR count). The first-order valence-electron chi connectivity index (χ1n) is 7.63. The zero-order valence-electron chi connectivity index (χ0n) is 12.5. The van der Waals surface area contributed by atoms with Crippen molar-refractivity contribution in [3.63, 3.8) is 0 Å². The molecule has 0 aromatic heterocycles. The van der Waals surface area contributed by atoms with Crippen LogP contribution in [-0.4, -0.2) is 23.1 Å². The van der Waals surface area contributed by atoms with Gasteiger partial charge in [-0.2, -0.15) is 0 Å². The maximum absolute atomic E-state index is 13.7. The summed E-state index contributed by atoms with van der Waals surface area (Å²) in [5.74, 6) is 1.02. The molecule has 1 aliphatic carbocycles. The summed E-state index contributed by atoms with van der Waals surface area (Å²) in [6.45, 7) is 4.70. The van der Waals surface area contributed by atoms with Gasteiger partial charge >= 0.3 is 0 Å². The molecule has 21 heavy (non-hydrogen) atoms. The van der Waals surface area contributed by atoms with Crippen molar-refractivity contribution in [2.75, 3.05) is 5.33 Å². The molecule has 4 heteroatoms. The minimum absolute atomic E-state index is 0.0577. The van der Waals surface area contributed by atoms with Gasteiger partial charge in [0, 0.05) is 10.9 Å². The Kier molecular flexibility index (Phi) is 4.40. The molecule has 5 atom stereocenters. The topological polar surface area (TPSA) is 21.8 Å². The Morgan fingerprint density at radius 2 is 2.19 bits per heavy atom. The number of rotatable bonds is 5. The van der Waals surface area contributed by atoms with E-state index in [1.807, 2.05) is 6.07 Å². The van der Waals surface area contributed by atoms with Crippen LogP contribution in [0.3, 0.4) is 0 Å². The van der Waals surface area contributed by atoms with Crippen LogP contribution in [0.5, 0.6) is 0 Å². The third-order valence-electron chi connectivity index (χ3n) is 5.10. The van der Waals surface area contributed by atoms with Crippen molar-refractivity contribution < 1.29 is 13.9 Å². The summed E-state index contributed by atoms with van der Waals surface area (Å²) in [5, 5.41) is 1.00. The number of hydrogen-bond donors (Lipinski definition) is 0. The molecule has 0 bridgehead atoms. The predicted molar refractivity (Wildman–Crippen MR) is 83.9 cm³/mol. The molecule has 0 N–H and O–H groups in total. The molecule has 1 saturated carbocycles. The maximum Gasteiger partial charge on any atom is 0.128 e. The Hall–Kier alpha value is -0.450. The molecule has 5 unspecified atom stereocenters. The molecule has 1 aromatic carbocycles. The van der Waals surface area contributed by atoms with Crippen molar-refractivity contribution in [3.8, 4) is 0 Å². The van der Waals surface area contributed by atoms with Crippen LogP contribution < -0.4 is 0 Å². The quantitative estimate of drug-likeness (QED) is 0.579. The van der Waals surface area contributed by atoms with E-state index in [2.05, 4.69) is 29.8 Å². The first-order valence-corrected chi connectivity index (χ1v) is 8.75. The Morgan fingerprint density at radius 1 is 1.43 bits per heavy atom. The van der Waals surface area contributed by atoms with Crippen molar-refractivity contribution in [3.05, 3.63) is 35.6 Å². The fourth-order valence-corrected chi connectivity index (χ4v) is 3.88. The van der Waals surface area contributed by atoms with Gasteiger partial charge in [0.15, 0.2) is 0 Å². The minimum Gasteiger partial charge on any atom is -0.370 e. The molecule has 0 amide bonds. The van der Waals surface area contributed by atoms with Gasteiger partial charge in [0.2, 0.25) is 0 Å². The summed E-state index contributed by atoms with van der Waals surface area (Å²) in [5.41, 5.74) is 0.460. The molecule has 1 aliphatic heterocycles. The van der Waals surface area contributed by atoms with Gasteiger partial charge in [-0.3, -0.25) is 0 Å². The molecule has 2 fully saturated rings. The molecule has 2 nitrogen and oxygen atoms in total. The molecule has 1 saturated heterocycles. The fraction of sp³-hybridized carbons (Fsp3) is 0.647. The molecule has 1 aromatic rings. The number of benzene rings is 1. The minimum atomic E-state index is -0.197. The monoisotopic (exact) mass is 356 g/mol. The average molecular weight is 357 g/mol. The first-order chi connectivity index (χ1) is 10.0. The summed E-state index contributed by atoms with van der Waals surface area (Å²) in [6.07, 6.45) is 2.47. The highest BCUT2D eigenvalue weighted by Gasteiger charge is 2.62. The van der Waals surface area contributed by atoms with Gasteiger partial charge < -0.3 is 9.47 Å². The second-order valence-electron chi connectivity index (χ2n) is 6.54. The lowest BCUT2D eigenvalue weighted by Crippen LogP contribution is -2.40. The molecule has 0 radical (unpaired) electrons. The van der Waals surface area contributed by atoms with Crippen molar-refractivity contribution in [2.45, 2.75) is 51.1 Å². The van der Waals surface area contributed by atoms with Gasteiger partial charge in [0.05, 0.1) is 18.8 Å². The highest BCUT2D eigenvalue weighted by molar-refractivity contribution is 9.09. The summed E-state index contributed by atoms with van der Waals surface area (Å²) in [7, 11) is 0. The summed E-state index contributed by atoms with van der Waals surface area (Å²) in [4.78, 5) is 0. The Bertz CT molecular complexity index is 509. The Morgan fingerprint density at radius 3 is 2.90 bits per heavy atom. The number of ether oxygens (including phenoxy) is 2. The zero-order valence-corrected chi connectivity index (χ0v) is 14.1. The largest absolute Gasteiger partial charge is 0.370 e. The number of hydrogen-bond acceptors (Lipinski definition) is 2. The van der Waals surface area contributed by atoms with Crippen LogP contribution in [0.1, 0.15) is 32.3 Å². The third-order valence-corrected chi connectivity index (χ3v) is 6.12. The number of halogens is 2. The number of alkyl halides is 1. The lowest BCUT2D eigenvalue weighted by molar-refractivity contribution is -0.0316. The zero-order chi connectivity index (χ0) is 15.0. The second kappa shape index (κ2) is 5.98. The smallest absolute Gasteiger partial charge is 0.128 e. The van der Waals surface area contributed by atoms with Crippen LogP contribution in [-0.2, 0) is 16.1 Å². The molecule has 0 spiro atoms. The van der Waals surface area contributed by atoms with Crippen LogP contribution in [0, 0.1) is 17.7 Å². The van der Waals surface area contributed by atoms with Crippen LogP contribution in [0.2, 0.25) is 0 Å². The number of fused-ring (bicyclic) bond motifs is 1. The molecule has 1 heterocycles. The molecule has 116 valence electrons. The van der Waals surface area contributed by atoms with Crippen molar-refractivity contribution in [1.29, 1.82) is 0 Å². The van der Waals surface area contributed by atoms with Crippen LogP contribution in [0.15, 0.2) is 24.3 Å². The standard InChI is InChI=1S/C17H22BrFO2/c1-11(9-18)13-7-15(17(2)16(8-13)21-17)20-10-12-5-3-4-6-14(12)19/h3-6,11,13,15-16H,7-10H2,1-2H3. The van der Waals surface area contributed by atoms with E-state index in [1.54, 1.807) is 12.1 Å². The van der Waals surface area contributed by atoms with E-state index in [0.717, 1.165) is 18.2 Å². The summed E-state index contributed by atoms with van der Waals surface area (Å²) >= 11 is 3.57. The van der Waals surface area contributed by atoms with Gasteiger partial charge in [0.25, 0.3) is 0 Å². The van der Waals surface area contributed by atoms with E-state index in [0.29, 0.717) is 30.1 Å². The Balaban J connectivity index is 1.65. The van der Waals surface area contributed by atoms with E-state index >= 15 is 0 Å². The van der Waals surface area contributed by atoms with Gasteiger partial charge in [-0.25, -0.2) is 4.39 Å². The number of epoxide rings is 1. The van der Waals surface area contributed by atoms with Crippen LogP contribution in [0.4, 0.5) is 4.39 Å². The SMILES string of the molecule is CC(CBr)C1CC(OCc2ccccc2F)C2(C)OC2C1. The van der Waals surface area contributed by atoms with Crippen LogP contribution >= 0.6 is 15.9 Å². The van der Waals surface area contributed by atoms with E-state index in [-0.39, 0.29) is 17.5 Å². The van der Waals surface area contributed by atoms with Crippen molar-refractivity contribution in [1.82, 2.24) is 0 Å². The molecular formula is C17H22BrFO2. The normalized spacial score (nSPS) is 36.1. The maximum atomic E-state index is 13.7. The van der Waals surface area contributed by atoms with Crippen molar-refractivity contribution >= 4 is 15.9 Å². The van der Waals surface area contributed by atoms with Crippen LogP contribution in [0.25, 0.3) is 0 Å². The van der Waals surface area contributed by atoms with E-state index in [4.69, 9.17) is 9.47 Å². The van der Waals surface area contributed by atoms with Gasteiger partial charge in [-0.15, -0.1) is 0 Å². The predicted octanol–water partition coefficient (Wildman–Crippen LogP) is 4.31. The molecular weight excluding hydrogens is 335 g/mol. The van der Waals surface area contributed by atoms with E-state index in [1.165, 1.54) is 6.07 Å². The summed E-state index contributed by atoms with van der Waals surface area (Å²) < 4.78 is 25.6. The van der Waals surface area contributed by atoms with Gasteiger partial charge in [-0.1, -0.05) is 41.1 Å². The van der Waals surface area contributed by atoms with Crippen molar-refractivity contribution in [2.24, 2.45) is 11.8 Å². The highest BCUT2D eigenvalue weighted by atomic mass is 79.9. The average Bonchev–Trinajstić information content (AvgIpc) is 3.16.